The first kappa shape index (κ1) is 27.5. The van der Waals surface area contributed by atoms with Crippen LogP contribution in [0.1, 0.15) is 78.5 Å². The van der Waals surface area contributed by atoms with Crippen LogP contribution in [-0.4, -0.2) is 47.5 Å². The van der Waals surface area contributed by atoms with Gasteiger partial charge in [0.1, 0.15) is 17.7 Å². The molecule has 0 aliphatic carbocycles. The Bertz CT molecular complexity index is 786. The Morgan fingerprint density at radius 3 is 2.16 bits per heavy atom. The highest BCUT2D eigenvalue weighted by Crippen LogP contribution is 2.25. The second-order valence-electron chi connectivity index (χ2n) is 9.77. The number of rotatable bonds is 9. The van der Waals surface area contributed by atoms with Gasteiger partial charge >= 0.3 is 6.09 Å². The predicted octanol–water partition coefficient (Wildman–Crippen LogP) is 4.35. The van der Waals surface area contributed by atoms with Gasteiger partial charge in [-0.15, -0.1) is 0 Å². The van der Waals surface area contributed by atoms with E-state index in [0.717, 1.165) is 24.0 Å². The highest BCUT2D eigenvalue weighted by Gasteiger charge is 2.36. The molecule has 1 aromatic carbocycles. The van der Waals surface area contributed by atoms with Crippen LogP contribution in [0.3, 0.4) is 0 Å². The highest BCUT2D eigenvalue weighted by molar-refractivity contribution is 5.92. The maximum absolute atomic E-state index is 13.5. The summed E-state index contributed by atoms with van der Waals surface area (Å²) in [6.45, 7) is 14.9. The summed E-state index contributed by atoms with van der Waals surface area (Å²) < 4.78 is 5.34. The Morgan fingerprint density at radius 2 is 1.66 bits per heavy atom. The molecular formula is C25H41N3O4. The molecule has 32 heavy (non-hydrogen) atoms. The SMILES string of the molecule is CCCC(C)NC(=O)C(c1ccccc1C)N(C)C(=O)C(NC(=O)OC(C)(C)C)C(C)C. The van der Waals surface area contributed by atoms with Crippen LogP contribution in [-0.2, 0) is 14.3 Å². The minimum Gasteiger partial charge on any atom is -0.444 e. The lowest BCUT2D eigenvalue weighted by Crippen LogP contribution is -2.54. The van der Waals surface area contributed by atoms with Crippen molar-refractivity contribution in [2.75, 3.05) is 7.05 Å². The molecule has 1 aromatic rings. The first-order chi connectivity index (χ1) is 14.8. The van der Waals surface area contributed by atoms with E-state index in [1.807, 2.05) is 52.0 Å². The molecule has 2 N–H and O–H groups in total. The highest BCUT2D eigenvalue weighted by atomic mass is 16.6. The number of amides is 3. The van der Waals surface area contributed by atoms with Gasteiger partial charge in [-0.3, -0.25) is 9.59 Å². The molecule has 3 atom stereocenters. The fourth-order valence-corrected chi connectivity index (χ4v) is 3.54. The lowest BCUT2D eigenvalue weighted by Gasteiger charge is -2.34. The Kier molecular flexibility index (Phi) is 10.2. The van der Waals surface area contributed by atoms with Crippen LogP contribution >= 0.6 is 0 Å². The number of alkyl carbamates (subject to hydrolysis) is 1. The normalized spacial score (nSPS) is 14.3. The molecule has 0 fully saturated rings. The number of benzene rings is 1. The van der Waals surface area contributed by atoms with E-state index >= 15 is 0 Å². The second kappa shape index (κ2) is 11.9. The third-order valence-corrected chi connectivity index (χ3v) is 5.18. The molecular weight excluding hydrogens is 406 g/mol. The molecule has 180 valence electrons. The van der Waals surface area contributed by atoms with E-state index in [2.05, 4.69) is 17.6 Å². The van der Waals surface area contributed by atoms with Gasteiger partial charge in [0.05, 0.1) is 0 Å². The minimum atomic E-state index is -0.831. The molecule has 0 aliphatic rings. The molecule has 0 heterocycles. The van der Waals surface area contributed by atoms with E-state index in [1.165, 1.54) is 4.90 Å². The lowest BCUT2D eigenvalue weighted by molar-refractivity contribution is -0.141. The van der Waals surface area contributed by atoms with Gasteiger partial charge in [0, 0.05) is 13.1 Å². The molecule has 0 bridgehead atoms. The molecule has 0 spiro atoms. The molecule has 7 nitrogen and oxygen atoms in total. The van der Waals surface area contributed by atoms with Gasteiger partial charge in [-0.25, -0.2) is 4.79 Å². The van der Waals surface area contributed by atoms with Crippen LogP contribution < -0.4 is 10.6 Å². The van der Waals surface area contributed by atoms with Gasteiger partial charge in [0.2, 0.25) is 11.8 Å². The van der Waals surface area contributed by atoms with Crippen molar-refractivity contribution in [1.82, 2.24) is 15.5 Å². The smallest absolute Gasteiger partial charge is 0.408 e. The lowest BCUT2D eigenvalue weighted by atomic mass is 9.96. The van der Waals surface area contributed by atoms with Crippen molar-refractivity contribution in [3.05, 3.63) is 35.4 Å². The number of nitrogens with zero attached hydrogens (tertiary/aromatic N) is 1. The molecule has 3 unspecified atom stereocenters. The first-order valence-corrected chi connectivity index (χ1v) is 11.4. The van der Waals surface area contributed by atoms with Crippen LogP contribution in [0.2, 0.25) is 0 Å². The molecule has 0 saturated heterocycles. The predicted molar refractivity (Wildman–Crippen MR) is 127 cm³/mol. The fourth-order valence-electron chi connectivity index (χ4n) is 3.54. The van der Waals surface area contributed by atoms with Crippen LogP contribution in [0.15, 0.2) is 24.3 Å². The van der Waals surface area contributed by atoms with Crippen molar-refractivity contribution in [3.8, 4) is 0 Å². The van der Waals surface area contributed by atoms with Gasteiger partial charge in [-0.05, 0) is 58.1 Å². The number of hydrogen-bond acceptors (Lipinski definition) is 4. The summed E-state index contributed by atoms with van der Waals surface area (Å²) in [5, 5.41) is 5.73. The number of hydrogen-bond donors (Lipinski definition) is 2. The van der Waals surface area contributed by atoms with Crippen molar-refractivity contribution in [1.29, 1.82) is 0 Å². The molecule has 3 amide bonds. The number of nitrogens with one attached hydrogen (secondary N) is 2. The average molecular weight is 448 g/mol. The Morgan fingerprint density at radius 1 is 1.06 bits per heavy atom. The monoisotopic (exact) mass is 447 g/mol. The standard InChI is InChI=1S/C25H41N3O4/c1-10-13-18(5)26-22(29)21(19-15-12-11-14-17(19)4)28(9)23(30)20(16(2)3)27-24(31)32-25(6,7)8/h11-12,14-16,18,20-21H,10,13H2,1-9H3,(H,26,29)(H,27,31). The van der Waals surface area contributed by atoms with Crippen molar-refractivity contribution < 1.29 is 19.1 Å². The fraction of sp³-hybridized carbons (Fsp3) is 0.640. The second-order valence-corrected chi connectivity index (χ2v) is 9.77. The molecule has 0 saturated carbocycles. The Labute approximate surface area is 193 Å². The van der Waals surface area contributed by atoms with Gasteiger partial charge in [-0.1, -0.05) is 51.5 Å². The quantitative estimate of drug-likeness (QED) is 0.589. The minimum absolute atomic E-state index is 0.0108. The summed E-state index contributed by atoms with van der Waals surface area (Å²) in [4.78, 5) is 40.6. The third kappa shape index (κ3) is 8.17. The maximum atomic E-state index is 13.5. The summed E-state index contributed by atoms with van der Waals surface area (Å²) >= 11 is 0. The van der Waals surface area contributed by atoms with E-state index in [-0.39, 0.29) is 23.8 Å². The van der Waals surface area contributed by atoms with Crippen LogP contribution in [0, 0.1) is 12.8 Å². The summed E-state index contributed by atoms with van der Waals surface area (Å²) in [7, 11) is 1.61. The number of ether oxygens (including phenoxy) is 1. The number of likely N-dealkylation sites (N-methyl/N-ethyl adjacent to an activating group) is 1. The Hall–Kier alpha value is -2.57. The molecule has 1 rings (SSSR count). The van der Waals surface area contributed by atoms with E-state index in [1.54, 1.807) is 27.8 Å². The van der Waals surface area contributed by atoms with E-state index in [0.29, 0.717) is 0 Å². The Balaban J connectivity index is 3.24. The van der Waals surface area contributed by atoms with Gasteiger partial charge in [-0.2, -0.15) is 0 Å². The van der Waals surface area contributed by atoms with E-state index in [9.17, 15) is 14.4 Å². The van der Waals surface area contributed by atoms with E-state index < -0.39 is 23.8 Å². The summed E-state index contributed by atoms with van der Waals surface area (Å²) in [5.41, 5.74) is 0.987. The van der Waals surface area contributed by atoms with E-state index in [4.69, 9.17) is 4.74 Å². The molecule has 7 heteroatoms. The largest absolute Gasteiger partial charge is 0.444 e. The zero-order valence-electron chi connectivity index (χ0n) is 21.1. The third-order valence-electron chi connectivity index (χ3n) is 5.18. The maximum Gasteiger partial charge on any atom is 0.408 e. The van der Waals surface area contributed by atoms with Crippen molar-refractivity contribution >= 4 is 17.9 Å². The van der Waals surface area contributed by atoms with Crippen molar-refractivity contribution in [2.24, 2.45) is 5.92 Å². The zero-order chi connectivity index (χ0) is 24.6. The topological polar surface area (TPSA) is 87.7 Å². The van der Waals surface area contributed by atoms with Crippen molar-refractivity contribution in [3.63, 3.8) is 0 Å². The van der Waals surface area contributed by atoms with Gasteiger partial charge in [0.25, 0.3) is 0 Å². The number of aryl methyl sites for hydroxylation is 1. The van der Waals surface area contributed by atoms with Crippen LogP contribution in [0.4, 0.5) is 4.79 Å². The zero-order valence-corrected chi connectivity index (χ0v) is 21.1. The summed E-state index contributed by atoms with van der Waals surface area (Å²) in [6.07, 6.45) is 1.13. The van der Waals surface area contributed by atoms with Crippen LogP contribution in [0.25, 0.3) is 0 Å². The summed E-state index contributed by atoms with van der Waals surface area (Å²) in [6, 6.07) is 5.88. The molecule has 0 radical (unpaired) electrons. The summed E-state index contributed by atoms with van der Waals surface area (Å²) in [5.74, 6) is -0.787. The molecule has 0 aromatic heterocycles. The van der Waals surface area contributed by atoms with Gasteiger partial charge < -0.3 is 20.3 Å². The average Bonchev–Trinajstić information content (AvgIpc) is 2.65. The number of carbonyl (C=O) groups is 3. The first-order valence-electron chi connectivity index (χ1n) is 11.4. The molecule has 0 aliphatic heterocycles. The van der Waals surface area contributed by atoms with Crippen LogP contribution in [0.5, 0.6) is 0 Å². The van der Waals surface area contributed by atoms with Crippen molar-refractivity contribution in [2.45, 2.75) is 92.0 Å². The van der Waals surface area contributed by atoms with Gasteiger partial charge in [0.15, 0.2) is 0 Å². The number of carbonyl (C=O) groups excluding carboxylic acids is 3.